The first-order valence-corrected chi connectivity index (χ1v) is 7.58. The molecule has 0 aromatic heterocycles. The van der Waals surface area contributed by atoms with Crippen LogP contribution in [0.2, 0.25) is 0 Å². The summed E-state index contributed by atoms with van der Waals surface area (Å²) in [6, 6.07) is 0. The zero-order chi connectivity index (χ0) is 15.0. The van der Waals surface area contributed by atoms with Crippen molar-refractivity contribution in [2.75, 3.05) is 13.2 Å². The minimum Gasteiger partial charge on any atom is -0.465 e. The molecule has 1 saturated carbocycles. The second-order valence-corrected chi connectivity index (χ2v) is 5.40. The second kappa shape index (κ2) is 8.08. The van der Waals surface area contributed by atoms with Crippen molar-refractivity contribution in [1.82, 2.24) is 0 Å². The smallest absolute Gasteiger partial charge is 0.327 e. The summed E-state index contributed by atoms with van der Waals surface area (Å²) < 4.78 is 10.0. The summed E-state index contributed by atoms with van der Waals surface area (Å²) >= 11 is 0. The van der Waals surface area contributed by atoms with Crippen LogP contribution in [-0.4, -0.2) is 25.2 Å². The van der Waals surface area contributed by atoms with Gasteiger partial charge in [0.05, 0.1) is 13.2 Å². The summed E-state index contributed by atoms with van der Waals surface area (Å²) in [6.07, 6.45) is 9.62. The maximum absolute atomic E-state index is 12.1. The van der Waals surface area contributed by atoms with Crippen LogP contribution in [0, 0.1) is 11.3 Å². The Balaban J connectivity index is 2.82. The monoisotopic (exact) mass is 282 g/mol. The molecule has 1 aliphatic carbocycles. The molecule has 1 fully saturated rings. The molecular formula is C16H26O4. The van der Waals surface area contributed by atoms with Crippen LogP contribution in [0.25, 0.3) is 0 Å². The van der Waals surface area contributed by atoms with Gasteiger partial charge in [-0.15, -0.1) is 0 Å². The number of carbonyl (C=O) groups is 2. The Labute approximate surface area is 121 Å². The van der Waals surface area contributed by atoms with Gasteiger partial charge in [0, 0.05) is 0 Å². The van der Waals surface area contributed by atoms with Crippen molar-refractivity contribution in [2.24, 2.45) is 11.3 Å². The van der Waals surface area contributed by atoms with Gasteiger partial charge in [0.1, 0.15) is 0 Å². The normalized spacial score (nSPS) is 17.1. The van der Waals surface area contributed by atoms with Gasteiger partial charge in [-0.1, -0.05) is 31.4 Å². The molecule has 1 rings (SSSR count). The average Bonchev–Trinajstić information content (AvgIpc) is 2.46. The maximum atomic E-state index is 12.1. The number of hydrogen-bond donors (Lipinski definition) is 0. The van der Waals surface area contributed by atoms with Gasteiger partial charge < -0.3 is 9.47 Å². The van der Waals surface area contributed by atoms with Gasteiger partial charge in [-0.25, -0.2) is 0 Å². The van der Waals surface area contributed by atoms with E-state index in [4.69, 9.17) is 9.47 Å². The lowest BCUT2D eigenvalue weighted by Crippen LogP contribution is -2.38. The molecule has 0 atom stereocenters. The Morgan fingerprint density at radius 1 is 1.05 bits per heavy atom. The SMILES string of the molecule is CCOC(=O)C(C)(/C=C/C1CCCCC1)C(=O)OCC. The molecule has 0 amide bonds. The van der Waals surface area contributed by atoms with Crippen LogP contribution in [0.15, 0.2) is 12.2 Å². The van der Waals surface area contributed by atoms with Crippen LogP contribution >= 0.6 is 0 Å². The molecular weight excluding hydrogens is 256 g/mol. The highest BCUT2D eigenvalue weighted by molar-refractivity contribution is 6.01. The van der Waals surface area contributed by atoms with Gasteiger partial charge in [0.2, 0.25) is 0 Å². The molecule has 0 unspecified atom stereocenters. The van der Waals surface area contributed by atoms with E-state index >= 15 is 0 Å². The summed E-state index contributed by atoms with van der Waals surface area (Å²) in [5.74, 6) is -0.622. The molecule has 0 radical (unpaired) electrons. The Morgan fingerprint density at radius 2 is 1.55 bits per heavy atom. The van der Waals surface area contributed by atoms with E-state index in [-0.39, 0.29) is 13.2 Å². The zero-order valence-corrected chi connectivity index (χ0v) is 12.8. The minimum atomic E-state index is -1.33. The highest BCUT2D eigenvalue weighted by Gasteiger charge is 2.42. The van der Waals surface area contributed by atoms with Crippen LogP contribution in [0.5, 0.6) is 0 Å². The van der Waals surface area contributed by atoms with E-state index in [2.05, 4.69) is 0 Å². The fourth-order valence-corrected chi connectivity index (χ4v) is 2.44. The molecule has 4 nitrogen and oxygen atoms in total. The predicted molar refractivity (Wildman–Crippen MR) is 77.1 cm³/mol. The van der Waals surface area contributed by atoms with E-state index in [0.717, 1.165) is 12.8 Å². The number of carbonyl (C=O) groups excluding carboxylic acids is 2. The largest absolute Gasteiger partial charge is 0.465 e. The van der Waals surface area contributed by atoms with E-state index in [0.29, 0.717) is 5.92 Å². The van der Waals surface area contributed by atoms with Crippen LogP contribution < -0.4 is 0 Å². The lowest BCUT2D eigenvalue weighted by Gasteiger charge is -2.23. The third-order valence-electron chi connectivity index (χ3n) is 3.75. The molecule has 1 aliphatic rings. The van der Waals surface area contributed by atoms with Crippen LogP contribution in [-0.2, 0) is 19.1 Å². The number of rotatable bonds is 6. The number of hydrogen-bond acceptors (Lipinski definition) is 4. The summed E-state index contributed by atoms with van der Waals surface area (Å²) in [4.78, 5) is 24.2. The van der Waals surface area contributed by atoms with Crippen molar-refractivity contribution in [3.63, 3.8) is 0 Å². The van der Waals surface area contributed by atoms with Crippen LogP contribution in [0.1, 0.15) is 52.9 Å². The van der Waals surface area contributed by atoms with Crippen molar-refractivity contribution in [1.29, 1.82) is 0 Å². The average molecular weight is 282 g/mol. The van der Waals surface area contributed by atoms with E-state index < -0.39 is 17.4 Å². The lowest BCUT2D eigenvalue weighted by atomic mass is 9.84. The molecule has 20 heavy (non-hydrogen) atoms. The second-order valence-electron chi connectivity index (χ2n) is 5.40. The number of ether oxygens (including phenoxy) is 2. The summed E-state index contributed by atoms with van der Waals surface area (Å²) in [6.45, 7) is 5.54. The van der Waals surface area contributed by atoms with Gasteiger partial charge in [0.15, 0.2) is 5.41 Å². The quantitative estimate of drug-likeness (QED) is 0.426. The maximum Gasteiger partial charge on any atom is 0.327 e. The molecule has 0 heterocycles. The van der Waals surface area contributed by atoms with E-state index in [1.54, 1.807) is 26.8 Å². The Bertz CT molecular complexity index is 335. The Kier molecular flexibility index (Phi) is 6.76. The fraction of sp³-hybridized carbons (Fsp3) is 0.750. The third-order valence-corrected chi connectivity index (χ3v) is 3.75. The molecule has 114 valence electrons. The predicted octanol–water partition coefficient (Wildman–Crippen LogP) is 3.26. The Morgan fingerprint density at radius 3 is 2.00 bits per heavy atom. The molecule has 0 aromatic rings. The topological polar surface area (TPSA) is 52.6 Å². The van der Waals surface area contributed by atoms with Crippen LogP contribution in [0.3, 0.4) is 0 Å². The summed E-state index contributed by atoms with van der Waals surface area (Å²) in [5.41, 5.74) is -1.33. The third kappa shape index (κ3) is 4.36. The molecule has 0 aliphatic heterocycles. The lowest BCUT2D eigenvalue weighted by molar-refractivity contribution is -0.166. The fourth-order valence-electron chi connectivity index (χ4n) is 2.44. The van der Waals surface area contributed by atoms with Gasteiger partial charge in [-0.2, -0.15) is 0 Å². The van der Waals surface area contributed by atoms with E-state index in [1.807, 2.05) is 6.08 Å². The van der Waals surface area contributed by atoms with E-state index in [9.17, 15) is 9.59 Å². The van der Waals surface area contributed by atoms with Crippen molar-refractivity contribution in [3.05, 3.63) is 12.2 Å². The van der Waals surface area contributed by atoms with Crippen molar-refractivity contribution < 1.29 is 19.1 Å². The highest BCUT2D eigenvalue weighted by atomic mass is 16.6. The van der Waals surface area contributed by atoms with Crippen molar-refractivity contribution in [2.45, 2.75) is 52.9 Å². The molecule has 0 bridgehead atoms. The van der Waals surface area contributed by atoms with Gasteiger partial charge >= 0.3 is 11.9 Å². The summed E-state index contributed by atoms with van der Waals surface area (Å²) in [5, 5.41) is 0. The first-order chi connectivity index (χ1) is 9.54. The van der Waals surface area contributed by atoms with Gasteiger partial charge in [-0.05, 0) is 39.5 Å². The van der Waals surface area contributed by atoms with E-state index in [1.165, 1.54) is 19.3 Å². The van der Waals surface area contributed by atoms with Crippen molar-refractivity contribution >= 4 is 11.9 Å². The van der Waals surface area contributed by atoms with Gasteiger partial charge in [-0.3, -0.25) is 9.59 Å². The molecule has 0 aromatic carbocycles. The molecule has 0 saturated heterocycles. The van der Waals surface area contributed by atoms with Crippen molar-refractivity contribution in [3.8, 4) is 0 Å². The standard InChI is InChI=1S/C16H26O4/c1-4-19-14(17)16(3,15(18)20-5-2)12-11-13-9-7-6-8-10-13/h11-13H,4-10H2,1-3H3/b12-11+. The Hall–Kier alpha value is -1.32. The highest BCUT2D eigenvalue weighted by Crippen LogP contribution is 2.29. The summed E-state index contributed by atoms with van der Waals surface area (Å²) in [7, 11) is 0. The van der Waals surface area contributed by atoms with Gasteiger partial charge in [0.25, 0.3) is 0 Å². The molecule has 0 N–H and O–H groups in total. The molecule has 0 spiro atoms. The number of esters is 2. The van der Waals surface area contributed by atoms with Crippen LogP contribution in [0.4, 0.5) is 0 Å². The first-order valence-electron chi connectivity index (χ1n) is 7.58. The zero-order valence-electron chi connectivity index (χ0n) is 12.8. The minimum absolute atomic E-state index is 0.255. The first kappa shape index (κ1) is 16.7. The molecule has 4 heteroatoms. The number of allylic oxidation sites excluding steroid dienone is 1.